The first kappa shape index (κ1) is 23.7. The minimum atomic E-state index is -0.568. The first-order chi connectivity index (χ1) is 16.5. The molecule has 3 N–H and O–H groups in total. The highest BCUT2D eigenvalue weighted by Crippen LogP contribution is 2.47. The summed E-state index contributed by atoms with van der Waals surface area (Å²) in [6.45, 7) is 0.130. The van der Waals surface area contributed by atoms with E-state index < -0.39 is 10.7 Å². The first-order valence-corrected chi connectivity index (χ1v) is 11.1. The number of nitrogens with zero attached hydrogens (tertiary/aromatic N) is 3. The van der Waals surface area contributed by atoms with Crippen molar-refractivity contribution >= 4 is 23.3 Å². The van der Waals surface area contributed by atoms with Crippen molar-refractivity contribution in [2.75, 3.05) is 40.1 Å². The van der Waals surface area contributed by atoms with E-state index in [4.69, 9.17) is 39.4 Å². The Morgan fingerprint density at radius 3 is 2.47 bits per heavy atom. The Morgan fingerprint density at radius 1 is 1.09 bits per heavy atom. The molecule has 11 nitrogen and oxygen atoms in total. The van der Waals surface area contributed by atoms with Crippen molar-refractivity contribution in [2.24, 2.45) is 5.73 Å². The lowest BCUT2D eigenvalue weighted by Gasteiger charge is -2.24. The molecule has 2 atom stereocenters. The molecule has 0 bridgehead atoms. The second kappa shape index (κ2) is 10.2. The average molecular weight is 488 g/mol. The van der Waals surface area contributed by atoms with Gasteiger partial charge in [-0.05, 0) is 12.1 Å². The van der Waals surface area contributed by atoms with Gasteiger partial charge >= 0.3 is 0 Å². The Bertz CT molecular complexity index is 1150. The molecule has 1 aliphatic rings. The molecule has 1 fully saturated rings. The number of aromatic nitrogens is 2. The van der Waals surface area contributed by atoms with Crippen LogP contribution in [-0.2, 0) is 4.74 Å². The van der Waals surface area contributed by atoms with E-state index >= 15 is 0 Å². The third-order valence-corrected chi connectivity index (χ3v) is 6.25. The van der Waals surface area contributed by atoms with Crippen LogP contribution < -0.4 is 29.6 Å². The number of benzene rings is 2. The van der Waals surface area contributed by atoms with Gasteiger partial charge in [0.25, 0.3) is 0 Å². The van der Waals surface area contributed by atoms with E-state index in [1.807, 2.05) is 12.1 Å². The Labute approximate surface area is 200 Å². The highest BCUT2D eigenvalue weighted by molar-refractivity contribution is 8.01. The summed E-state index contributed by atoms with van der Waals surface area (Å²) in [5.41, 5.74) is 7.14. The maximum atomic E-state index is 8.80. The maximum Gasteiger partial charge on any atom is 0.247 e. The lowest BCUT2D eigenvalue weighted by molar-refractivity contribution is 0.0511. The molecule has 1 saturated heterocycles. The number of ether oxygens (including phenoxy) is 5. The fourth-order valence-corrected chi connectivity index (χ4v) is 4.60. The van der Waals surface area contributed by atoms with Crippen LogP contribution in [0.15, 0.2) is 40.9 Å². The van der Waals surface area contributed by atoms with E-state index in [1.54, 1.807) is 36.3 Å². The highest BCUT2D eigenvalue weighted by Gasteiger charge is 2.41. The third kappa shape index (κ3) is 4.47. The van der Waals surface area contributed by atoms with Crippen LogP contribution in [0.2, 0.25) is 0 Å². The molecule has 1 aromatic heterocycles. The van der Waals surface area contributed by atoms with E-state index in [0.29, 0.717) is 40.1 Å². The smallest absolute Gasteiger partial charge is 0.247 e. The molecule has 0 saturated carbocycles. The van der Waals surface area contributed by atoms with E-state index in [9.17, 15) is 0 Å². The lowest BCUT2D eigenvalue weighted by Crippen LogP contribution is -2.38. The molecule has 2 heterocycles. The van der Waals surface area contributed by atoms with Crippen LogP contribution in [0.4, 0.5) is 5.69 Å². The van der Waals surface area contributed by atoms with Crippen LogP contribution in [0, 0.1) is 5.41 Å². The molecule has 2 unspecified atom stereocenters. The molecule has 0 amide bonds. The summed E-state index contributed by atoms with van der Waals surface area (Å²) in [6.07, 6.45) is 0. The first-order valence-electron chi connectivity index (χ1n) is 10.1. The number of hydrogen-bond donors (Lipinski definition) is 2. The summed E-state index contributed by atoms with van der Waals surface area (Å²) in [4.78, 5) is 6.17. The van der Waals surface area contributed by atoms with Gasteiger partial charge in [0.2, 0.25) is 17.5 Å². The van der Waals surface area contributed by atoms with E-state index in [0.717, 1.165) is 0 Å². The van der Waals surface area contributed by atoms with Crippen molar-refractivity contribution in [3.63, 3.8) is 0 Å². The van der Waals surface area contributed by atoms with Gasteiger partial charge in [0.15, 0.2) is 18.3 Å². The highest BCUT2D eigenvalue weighted by atomic mass is 32.2. The van der Waals surface area contributed by atoms with Gasteiger partial charge in [-0.3, -0.25) is 5.41 Å². The van der Waals surface area contributed by atoms with E-state index in [-0.39, 0.29) is 18.5 Å². The van der Waals surface area contributed by atoms with Crippen molar-refractivity contribution in [3.05, 3.63) is 42.3 Å². The van der Waals surface area contributed by atoms with Gasteiger partial charge < -0.3 is 38.8 Å². The maximum absolute atomic E-state index is 8.80. The zero-order valence-corrected chi connectivity index (χ0v) is 19.9. The Hall–Kier alpha value is -3.48. The molecular weight excluding hydrogens is 462 g/mol. The summed E-state index contributed by atoms with van der Waals surface area (Å²) in [5, 5.41) is 12.3. The minimum absolute atomic E-state index is 0.130. The Morgan fingerprint density at radius 2 is 1.82 bits per heavy atom. The predicted molar refractivity (Wildman–Crippen MR) is 127 cm³/mol. The fourth-order valence-electron chi connectivity index (χ4n) is 3.51. The van der Waals surface area contributed by atoms with Crippen molar-refractivity contribution in [3.8, 4) is 34.4 Å². The van der Waals surface area contributed by atoms with Crippen LogP contribution in [-0.4, -0.2) is 56.7 Å². The van der Waals surface area contributed by atoms with Crippen LogP contribution in [0.1, 0.15) is 11.1 Å². The standard InChI is InChI=1S/C22H25N5O6S/c1-28-11-32-14-7-5-6-12(8-14)20-25-21(33-26-20)18-19(23)27(22(24)34-18)13-9-15(29-2)17(31-4)16(10-13)30-3/h5-10,18,22-23H,11,24H2,1-4H3. The largest absolute Gasteiger partial charge is 0.493 e. The summed E-state index contributed by atoms with van der Waals surface area (Å²) < 4.78 is 32.2. The summed E-state index contributed by atoms with van der Waals surface area (Å²) in [6, 6.07) is 10.7. The number of amidine groups is 1. The van der Waals surface area contributed by atoms with Crippen molar-refractivity contribution < 1.29 is 28.2 Å². The number of anilines is 1. The van der Waals surface area contributed by atoms with Crippen LogP contribution >= 0.6 is 11.8 Å². The molecule has 2 aromatic carbocycles. The van der Waals surface area contributed by atoms with E-state index in [2.05, 4.69) is 10.1 Å². The summed E-state index contributed by atoms with van der Waals surface area (Å²) in [7, 11) is 6.14. The number of nitrogens with one attached hydrogen (secondary N) is 1. The monoisotopic (exact) mass is 487 g/mol. The van der Waals surface area contributed by atoms with Gasteiger partial charge in [-0.2, -0.15) is 4.98 Å². The van der Waals surface area contributed by atoms with Gasteiger partial charge in [0.1, 0.15) is 22.3 Å². The van der Waals surface area contributed by atoms with Crippen LogP contribution in [0.3, 0.4) is 0 Å². The Balaban J connectivity index is 1.60. The molecule has 180 valence electrons. The number of methoxy groups -OCH3 is 4. The zero-order chi connectivity index (χ0) is 24.2. The quantitative estimate of drug-likeness (QED) is 0.430. The molecule has 0 spiro atoms. The topological polar surface area (TPSA) is 138 Å². The predicted octanol–water partition coefficient (Wildman–Crippen LogP) is 3.26. The molecular formula is C22H25N5O6S. The zero-order valence-electron chi connectivity index (χ0n) is 19.1. The normalized spacial score (nSPS) is 17.7. The van der Waals surface area contributed by atoms with Gasteiger partial charge in [0, 0.05) is 24.8 Å². The molecule has 0 aliphatic carbocycles. The average Bonchev–Trinajstić information content (AvgIpc) is 3.46. The van der Waals surface area contributed by atoms with Gasteiger partial charge in [-0.15, -0.1) is 0 Å². The molecule has 0 radical (unpaired) electrons. The van der Waals surface area contributed by atoms with Gasteiger partial charge in [-0.25, -0.2) is 0 Å². The molecule has 3 aromatic rings. The third-order valence-electron chi connectivity index (χ3n) is 5.07. The van der Waals surface area contributed by atoms with Crippen molar-refractivity contribution in [1.29, 1.82) is 5.41 Å². The molecule has 34 heavy (non-hydrogen) atoms. The number of nitrogens with two attached hydrogens (primary N) is 1. The Kier molecular flexibility index (Phi) is 7.10. The number of rotatable bonds is 9. The van der Waals surface area contributed by atoms with Crippen molar-refractivity contribution in [1.82, 2.24) is 10.1 Å². The van der Waals surface area contributed by atoms with Gasteiger partial charge in [-0.1, -0.05) is 29.1 Å². The molecule has 1 aliphatic heterocycles. The van der Waals surface area contributed by atoms with E-state index in [1.165, 1.54) is 33.1 Å². The van der Waals surface area contributed by atoms with Gasteiger partial charge in [0.05, 0.1) is 27.0 Å². The number of hydrogen-bond acceptors (Lipinski definition) is 11. The SMILES string of the molecule is COCOc1cccc(-c2noc(C3SC(N)N(c4cc(OC)c(OC)c(OC)c4)C3=N)n2)c1. The number of thioether (sulfide) groups is 1. The fraction of sp³-hybridized carbons (Fsp3) is 0.318. The second-order valence-corrected chi connectivity index (χ2v) is 8.31. The van der Waals surface area contributed by atoms with Crippen LogP contribution in [0.5, 0.6) is 23.0 Å². The second-order valence-electron chi connectivity index (χ2n) is 7.08. The minimum Gasteiger partial charge on any atom is -0.493 e. The lowest BCUT2D eigenvalue weighted by atomic mass is 10.2. The summed E-state index contributed by atoms with van der Waals surface area (Å²) in [5.74, 6) is 2.84. The van der Waals surface area contributed by atoms with Crippen LogP contribution in [0.25, 0.3) is 11.4 Å². The molecule has 4 rings (SSSR count). The summed E-state index contributed by atoms with van der Waals surface area (Å²) >= 11 is 1.32. The molecule has 12 heteroatoms. The van der Waals surface area contributed by atoms with Crippen molar-refractivity contribution in [2.45, 2.75) is 10.7 Å².